The van der Waals surface area contributed by atoms with Crippen molar-refractivity contribution in [3.05, 3.63) is 24.3 Å². The van der Waals surface area contributed by atoms with E-state index in [2.05, 4.69) is 10.6 Å². The molecule has 16 heavy (non-hydrogen) atoms. The van der Waals surface area contributed by atoms with Gasteiger partial charge in [-0.05, 0) is 25.6 Å². The van der Waals surface area contributed by atoms with Crippen LogP contribution in [0, 0.1) is 0 Å². The van der Waals surface area contributed by atoms with Gasteiger partial charge in [0.05, 0.1) is 13.2 Å². The summed E-state index contributed by atoms with van der Waals surface area (Å²) in [5, 5.41) is 5.76. The Morgan fingerprint density at radius 2 is 2.19 bits per heavy atom. The molecule has 0 aliphatic heterocycles. The Balaban J connectivity index is 2.52. The molecule has 0 spiro atoms. The number of rotatable bonds is 6. The predicted octanol–water partition coefficient (Wildman–Crippen LogP) is 1.63. The molecule has 2 N–H and O–H groups in total. The number of amides is 1. The highest BCUT2D eigenvalue weighted by atomic mass is 16.5. The van der Waals surface area contributed by atoms with Crippen LogP contribution in [0.15, 0.2) is 24.3 Å². The molecule has 0 aliphatic carbocycles. The van der Waals surface area contributed by atoms with E-state index in [1.807, 2.05) is 38.1 Å². The average Bonchev–Trinajstić information content (AvgIpc) is 2.27. The van der Waals surface area contributed by atoms with Gasteiger partial charge >= 0.3 is 0 Å². The quantitative estimate of drug-likeness (QED) is 0.769. The summed E-state index contributed by atoms with van der Waals surface area (Å²) >= 11 is 0. The van der Waals surface area contributed by atoms with Gasteiger partial charge in [0, 0.05) is 11.8 Å². The topological polar surface area (TPSA) is 50.4 Å². The second kappa shape index (κ2) is 6.85. The van der Waals surface area contributed by atoms with Gasteiger partial charge in [-0.3, -0.25) is 4.79 Å². The molecule has 0 heterocycles. The van der Waals surface area contributed by atoms with Crippen molar-refractivity contribution in [1.82, 2.24) is 5.32 Å². The van der Waals surface area contributed by atoms with Crippen LogP contribution < -0.4 is 15.4 Å². The summed E-state index contributed by atoms with van der Waals surface area (Å²) in [7, 11) is 0. The summed E-state index contributed by atoms with van der Waals surface area (Å²) in [6, 6.07) is 7.37. The lowest BCUT2D eigenvalue weighted by atomic mass is 10.3. The lowest BCUT2D eigenvalue weighted by Crippen LogP contribution is -2.27. The minimum atomic E-state index is -0.0458. The maximum absolute atomic E-state index is 11.4. The second-order valence-corrected chi connectivity index (χ2v) is 3.29. The van der Waals surface area contributed by atoms with E-state index in [4.69, 9.17) is 4.74 Å². The smallest absolute Gasteiger partial charge is 0.238 e. The van der Waals surface area contributed by atoms with Crippen LogP contribution in [0.2, 0.25) is 0 Å². The van der Waals surface area contributed by atoms with E-state index in [1.165, 1.54) is 0 Å². The standard InChI is InChI=1S/C12H18N2O2/c1-3-13-9-12(15)14-10-6-5-7-11(8-10)16-4-2/h5-8,13H,3-4,9H2,1-2H3,(H,14,15). The van der Waals surface area contributed by atoms with Crippen LogP contribution in [0.4, 0.5) is 5.69 Å². The Bertz CT molecular complexity index is 340. The number of likely N-dealkylation sites (N-methyl/N-ethyl adjacent to an activating group) is 1. The maximum Gasteiger partial charge on any atom is 0.238 e. The summed E-state index contributed by atoms with van der Waals surface area (Å²) in [6.07, 6.45) is 0. The molecule has 0 saturated carbocycles. The summed E-state index contributed by atoms with van der Waals surface area (Å²) in [6.45, 7) is 5.62. The fourth-order valence-electron chi connectivity index (χ4n) is 1.27. The average molecular weight is 222 g/mol. The van der Waals surface area contributed by atoms with Crippen molar-refractivity contribution in [1.29, 1.82) is 0 Å². The normalized spacial score (nSPS) is 9.88. The van der Waals surface area contributed by atoms with Crippen LogP contribution in [0.3, 0.4) is 0 Å². The zero-order chi connectivity index (χ0) is 11.8. The molecule has 0 fully saturated rings. The molecule has 1 amide bonds. The van der Waals surface area contributed by atoms with Gasteiger partial charge in [-0.2, -0.15) is 0 Å². The first-order valence-electron chi connectivity index (χ1n) is 5.49. The molecule has 0 atom stereocenters. The van der Waals surface area contributed by atoms with Crippen molar-refractivity contribution in [2.75, 3.05) is 25.0 Å². The first kappa shape index (κ1) is 12.5. The largest absolute Gasteiger partial charge is 0.494 e. The Labute approximate surface area is 96.0 Å². The molecule has 1 rings (SSSR count). The summed E-state index contributed by atoms with van der Waals surface area (Å²) in [5.74, 6) is 0.722. The molecule has 88 valence electrons. The third-order valence-electron chi connectivity index (χ3n) is 1.96. The lowest BCUT2D eigenvalue weighted by Gasteiger charge is -2.08. The maximum atomic E-state index is 11.4. The highest BCUT2D eigenvalue weighted by molar-refractivity contribution is 5.92. The number of anilines is 1. The SMILES string of the molecule is CCNCC(=O)Nc1cccc(OCC)c1. The van der Waals surface area contributed by atoms with E-state index >= 15 is 0 Å². The Morgan fingerprint density at radius 1 is 1.38 bits per heavy atom. The van der Waals surface area contributed by atoms with E-state index < -0.39 is 0 Å². The summed E-state index contributed by atoms with van der Waals surface area (Å²) in [4.78, 5) is 11.4. The molecule has 4 heteroatoms. The van der Waals surface area contributed by atoms with Gasteiger partial charge in [0.1, 0.15) is 5.75 Å². The lowest BCUT2D eigenvalue weighted by molar-refractivity contribution is -0.115. The first-order valence-corrected chi connectivity index (χ1v) is 5.49. The Kier molecular flexibility index (Phi) is 5.36. The number of carbonyl (C=O) groups excluding carboxylic acids is 1. The number of carbonyl (C=O) groups is 1. The van der Waals surface area contributed by atoms with Gasteiger partial charge in [0.25, 0.3) is 0 Å². The van der Waals surface area contributed by atoms with Crippen molar-refractivity contribution < 1.29 is 9.53 Å². The van der Waals surface area contributed by atoms with E-state index in [-0.39, 0.29) is 5.91 Å². The fraction of sp³-hybridized carbons (Fsp3) is 0.417. The number of hydrogen-bond donors (Lipinski definition) is 2. The van der Waals surface area contributed by atoms with Gasteiger partial charge in [-0.15, -0.1) is 0 Å². The first-order chi connectivity index (χ1) is 7.76. The summed E-state index contributed by atoms with van der Waals surface area (Å²) < 4.78 is 5.34. The molecule has 0 aliphatic rings. The minimum Gasteiger partial charge on any atom is -0.494 e. The molecule has 4 nitrogen and oxygen atoms in total. The van der Waals surface area contributed by atoms with Gasteiger partial charge in [-0.1, -0.05) is 13.0 Å². The van der Waals surface area contributed by atoms with E-state index in [1.54, 1.807) is 0 Å². The van der Waals surface area contributed by atoms with E-state index in [0.29, 0.717) is 13.2 Å². The van der Waals surface area contributed by atoms with Gasteiger partial charge in [0.2, 0.25) is 5.91 Å². The van der Waals surface area contributed by atoms with Crippen molar-refractivity contribution in [2.24, 2.45) is 0 Å². The monoisotopic (exact) mass is 222 g/mol. The molecule has 0 saturated heterocycles. The number of hydrogen-bond acceptors (Lipinski definition) is 3. The van der Waals surface area contributed by atoms with Crippen molar-refractivity contribution in [3.63, 3.8) is 0 Å². The third-order valence-corrected chi connectivity index (χ3v) is 1.96. The van der Waals surface area contributed by atoms with Crippen molar-refractivity contribution in [3.8, 4) is 5.75 Å². The van der Waals surface area contributed by atoms with Gasteiger partial charge < -0.3 is 15.4 Å². The van der Waals surface area contributed by atoms with Gasteiger partial charge in [-0.25, -0.2) is 0 Å². The number of nitrogens with one attached hydrogen (secondary N) is 2. The Morgan fingerprint density at radius 3 is 2.88 bits per heavy atom. The van der Waals surface area contributed by atoms with Crippen molar-refractivity contribution in [2.45, 2.75) is 13.8 Å². The molecule has 0 radical (unpaired) electrons. The van der Waals surface area contributed by atoms with E-state index in [0.717, 1.165) is 18.0 Å². The zero-order valence-electron chi connectivity index (χ0n) is 9.75. The fourth-order valence-corrected chi connectivity index (χ4v) is 1.27. The highest BCUT2D eigenvalue weighted by Gasteiger charge is 2.01. The molecular weight excluding hydrogens is 204 g/mol. The predicted molar refractivity (Wildman–Crippen MR) is 64.8 cm³/mol. The van der Waals surface area contributed by atoms with Crippen molar-refractivity contribution >= 4 is 11.6 Å². The molecule has 0 unspecified atom stereocenters. The summed E-state index contributed by atoms with van der Waals surface area (Å²) in [5.41, 5.74) is 0.758. The van der Waals surface area contributed by atoms with E-state index in [9.17, 15) is 4.79 Å². The molecule has 1 aromatic rings. The molecular formula is C12H18N2O2. The molecule has 0 bridgehead atoms. The van der Waals surface area contributed by atoms with Crippen LogP contribution in [0.1, 0.15) is 13.8 Å². The second-order valence-electron chi connectivity index (χ2n) is 3.29. The Hall–Kier alpha value is -1.55. The van der Waals surface area contributed by atoms with Crippen LogP contribution in [-0.4, -0.2) is 25.6 Å². The number of ether oxygens (including phenoxy) is 1. The van der Waals surface area contributed by atoms with Crippen LogP contribution in [-0.2, 0) is 4.79 Å². The molecule has 0 aromatic heterocycles. The van der Waals surface area contributed by atoms with Crippen LogP contribution >= 0.6 is 0 Å². The number of benzene rings is 1. The van der Waals surface area contributed by atoms with Crippen LogP contribution in [0.5, 0.6) is 5.75 Å². The van der Waals surface area contributed by atoms with Gasteiger partial charge in [0.15, 0.2) is 0 Å². The molecule has 1 aromatic carbocycles. The highest BCUT2D eigenvalue weighted by Crippen LogP contribution is 2.16. The minimum absolute atomic E-state index is 0.0458. The zero-order valence-corrected chi connectivity index (χ0v) is 9.75. The third kappa shape index (κ3) is 4.31. The van der Waals surface area contributed by atoms with Crippen LogP contribution in [0.25, 0.3) is 0 Å².